The third-order valence-corrected chi connectivity index (χ3v) is 4.82. The van der Waals surface area contributed by atoms with Crippen molar-refractivity contribution in [3.05, 3.63) is 64.9 Å². The topological polar surface area (TPSA) is 119 Å². The number of nitrogen functional groups attached to an aromatic ring is 1. The number of hydroxylamine groups is 1. The molecule has 148 valence electrons. The lowest BCUT2D eigenvalue weighted by Crippen LogP contribution is -2.29. The average molecular weight is 394 g/mol. The van der Waals surface area contributed by atoms with Crippen LogP contribution in [0.5, 0.6) is 5.75 Å². The van der Waals surface area contributed by atoms with E-state index >= 15 is 0 Å². The Balaban J connectivity index is 1.88. The second-order valence-electron chi connectivity index (χ2n) is 6.58. The first-order valence-electron chi connectivity index (χ1n) is 8.92. The molecule has 0 aliphatic carbocycles. The van der Waals surface area contributed by atoms with Crippen LogP contribution in [-0.2, 0) is 6.42 Å². The van der Waals surface area contributed by atoms with Crippen LogP contribution in [0.3, 0.4) is 0 Å². The minimum atomic E-state index is -0.451. The number of aryl methyl sites for hydroxylation is 1. The van der Waals surface area contributed by atoms with E-state index in [4.69, 9.17) is 10.5 Å². The Morgan fingerprint density at radius 1 is 1.28 bits per heavy atom. The molecule has 0 unspecified atom stereocenters. The molecule has 1 aliphatic rings. The minimum Gasteiger partial charge on any atom is -0.494 e. The number of ether oxygens (including phenoxy) is 1. The van der Waals surface area contributed by atoms with Gasteiger partial charge in [-0.2, -0.15) is 0 Å². The zero-order valence-electron chi connectivity index (χ0n) is 15.8. The van der Waals surface area contributed by atoms with Crippen molar-refractivity contribution in [2.45, 2.75) is 19.4 Å². The highest BCUT2D eigenvalue weighted by molar-refractivity contribution is 6.01. The average Bonchev–Trinajstić information content (AvgIpc) is 2.72. The first-order chi connectivity index (χ1) is 14.0. The molecule has 0 bridgehead atoms. The molecule has 0 saturated heterocycles. The lowest BCUT2D eigenvalue weighted by Gasteiger charge is -2.25. The highest BCUT2D eigenvalue weighted by Crippen LogP contribution is 2.38. The van der Waals surface area contributed by atoms with E-state index in [1.54, 1.807) is 31.3 Å². The quantitative estimate of drug-likeness (QED) is 0.584. The van der Waals surface area contributed by atoms with Crippen molar-refractivity contribution in [2.24, 2.45) is 4.99 Å². The van der Waals surface area contributed by atoms with Gasteiger partial charge in [0.15, 0.2) is 5.84 Å². The predicted molar refractivity (Wildman–Crippen MR) is 105 cm³/mol. The van der Waals surface area contributed by atoms with Crippen molar-refractivity contribution < 1.29 is 14.3 Å². The minimum absolute atomic E-state index is 0.143. The molecular formula is C20H19FN6O2. The number of nitrogens with zero attached hydrogens (tertiary/aromatic N) is 4. The number of nitrogens with one attached hydrogen (secondary N) is 1. The summed E-state index contributed by atoms with van der Waals surface area (Å²) in [4.78, 5) is 17.5. The van der Waals surface area contributed by atoms with E-state index in [2.05, 4.69) is 25.4 Å². The van der Waals surface area contributed by atoms with Crippen LogP contribution in [0.1, 0.15) is 28.6 Å². The first kappa shape index (κ1) is 18.8. The normalized spacial score (nSPS) is 15.4. The van der Waals surface area contributed by atoms with E-state index in [0.717, 1.165) is 5.56 Å². The molecule has 4 N–H and O–H groups in total. The van der Waals surface area contributed by atoms with Gasteiger partial charge in [-0.05, 0) is 36.8 Å². The SMILES string of the molecule is COc1cccnc1-c1cc(F)ccc1[C@H]1Cc2nc(N)nc(C)c2C(NO)=N1. The van der Waals surface area contributed by atoms with Gasteiger partial charge in [0.1, 0.15) is 17.3 Å². The summed E-state index contributed by atoms with van der Waals surface area (Å²) in [5.41, 5.74) is 11.6. The first-order valence-corrected chi connectivity index (χ1v) is 8.92. The highest BCUT2D eigenvalue weighted by Gasteiger charge is 2.28. The molecular weight excluding hydrogens is 375 g/mol. The maximum absolute atomic E-state index is 14.1. The van der Waals surface area contributed by atoms with Crippen molar-refractivity contribution in [3.8, 4) is 17.0 Å². The number of aliphatic imine (C=N–C) groups is 1. The molecule has 2 aromatic heterocycles. The van der Waals surface area contributed by atoms with Gasteiger partial charge in [-0.25, -0.2) is 14.4 Å². The number of hydrogen-bond donors (Lipinski definition) is 3. The second-order valence-corrected chi connectivity index (χ2v) is 6.58. The second kappa shape index (κ2) is 7.44. The standard InChI is InChI=1S/C20H19FN6O2/c1-10-17-15(26-20(22)24-10)9-14(25-19(17)27-28)12-6-5-11(21)8-13(12)18-16(29-2)4-3-7-23-18/h3-8,14,28H,9H2,1-2H3,(H,25,27)(H2,22,24,26)/t14-/m1/s1. The summed E-state index contributed by atoms with van der Waals surface area (Å²) < 4.78 is 19.5. The van der Waals surface area contributed by atoms with Gasteiger partial charge in [-0.3, -0.25) is 20.7 Å². The van der Waals surface area contributed by atoms with Gasteiger partial charge in [-0.15, -0.1) is 0 Å². The third-order valence-electron chi connectivity index (χ3n) is 4.82. The van der Waals surface area contributed by atoms with Gasteiger partial charge in [-0.1, -0.05) is 6.07 Å². The molecule has 4 rings (SSSR count). The molecule has 0 fully saturated rings. The molecule has 0 amide bonds. The van der Waals surface area contributed by atoms with Crippen LogP contribution in [0.25, 0.3) is 11.3 Å². The Labute approximate surface area is 166 Å². The Morgan fingerprint density at radius 3 is 2.86 bits per heavy atom. The molecule has 0 saturated carbocycles. The number of benzene rings is 1. The van der Waals surface area contributed by atoms with Gasteiger partial charge >= 0.3 is 0 Å². The maximum Gasteiger partial charge on any atom is 0.220 e. The molecule has 0 radical (unpaired) electrons. The predicted octanol–water partition coefficient (Wildman–Crippen LogP) is 2.60. The van der Waals surface area contributed by atoms with E-state index in [1.165, 1.54) is 19.2 Å². The molecule has 9 heteroatoms. The van der Waals surface area contributed by atoms with Crippen LogP contribution in [0.15, 0.2) is 41.5 Å². The Kier molecular flexibility index (Phi) is 4.81. The van der Waals surface area contributed by atoms with Crippen LogP contribution in [0.2, 0.25) is 0 Å². The number of methoxy groups -OCH3 is 1. The van der Waals surface area contributed by atoms with Crippen LogP contribution in [-0.4, -0.2) is 33.1 Å². The fourth-order valence-electron chi connectivity index (χ4n) is 3.61. The number of anilines is 1. The van der Waals surface area contributed by atoms with Crippen LogP contribution in [0.4, 0.5) is 10.3 Å². The van der Waals surface area contributed by atoms with E-state index in [9.17, 15) is 9.60 Å². The van der Waals surface area contributed by atoms with E-state index in [0.29, 0.717) is 40.4 Å². The maximum atomic E-state index is 14.1. The van der Waals surface area contributed by atoms with E-state index in [-0.39, 0.29) is 11.8 Å². The summed E-state index contributed by atoms with van der Waals surface area (Å²) in [5.74, 6) is 0.490. The summed E-state index contributed by atoms with van der Waals surface area (Å²) in [5, 5.41) is 9.65. The smallest absolute Gasteiger partial charge is 0.220 e. The summed E-state index contributed by atoms with van der Waals surface area (Å²) in [6.45, 7) is 1.77. The number of pyridine rings is 1. The van der Waals surface area contributed by atoms with E-state index < -0.39 is 11.9 Å². The van der Waals surface area contributed by atoms with Crippen molar-refractivity contribution in [2.75, 3.05) is 12.8 Å². The molecule has 8 nitrogen and oxygen atoms in total. The Hall–Kier alpha value is -3.59. The lowest BCUT2D eigenvalue weighted by molar-refractivity contribution is 0.233. The summed E-state index contributed by atoms with van der Waals surface area (Å²) >= 11 is 0. The third kappa shape index (κ3) is 3.36. The number of halogens is 1. The number of aromatic nitrogens is 3. The van der Waals surface area contributed by atoms with Gasteiger partial charge in [0.25, 0.3) is 0 Å². The highest BCUT2D eigenvalue weighted by atomic mass is 19.1. The number of rotatable bonds is 3. The van der Waals surface area contributed by atoms with Gasteiger partial charge < -0.3 is 10.5 Å². The largest absolute Gasteiger partial charge is 0.494 e. The molecule has 29 heavy (non-hydrogen) atoms. The molecule has 1 aliphatic heterocycles. The van der Waals surface area contributed by atoms with Crippen molar-refractivity contribution >= 4 is 11.8 Å². The molecule has 0 spiro atoms. The van der Waals surface area contributed by atoms with Gasteiger partial charge in [0.05, 0.1) is 30.1 Å². The number of hydrogen-bond acceptors (Lipinski definition) is 8. The summed E-state index contributed by atoms with van der Waals surface area (Å²) in [7, 11) is 1.53. The fourth-order valence-corrected chi connectivity index (χ4v) is 3.61. The lowest BCUT2D eigenvalue weighted by atomic mass is 9.91. The van der Waals surface area contributed by atoms with Crippen molar-refractivity contribution in [1.29, 1.82) is 0 Å². The summed E-state index contributed by atoms with van der Waals surface area (Å²) in [6.07, 6.45) is 2.02. The Morgan fingerprint density at radius 2 is 2.10 bits per heavy atom. The molecule has 1 atom stereocenters. The fraction of sp³-hybridized carbons (Fsp3) is 0.200. The molecule has 3 heterocycles. The monoisotopic (exact) mass is 394 g/mol. The van der Waals surface area contributed by atoms with Crippen LogP contribution in [0, 0.1) is 12.7 Å². The van der Waals surface area contributed by atoms with Crippen molar-refractivity contribution in [1.82, 2.24) is 20.4 Å². The molecule has 1 aromatic carbocycles. The van der Waals surface area contributed by atoms with Crippen molar-refractivity contribution in [3.63, 3.8) is 0 Å². The van der Waals surface area contributed by atoms with Crippen LogP contribution >= 0.6 is 0 Å². The number of nitrogens with two attached hydrogens (primary N) is 1. The number of fused-ring (bicyclic) bond motifs is 1. The number of amidine groups is 1. The van der Waals surface area contributed by atoms with Crippen LogP contribution < -0.4 is 16.0 Å². The zero-order chi connectivity index (χ0) is 20.5. The zero-order valence-corrected chi connectivity index (χ0v) is 15.8. The summed E-state index contributed by atoms with van der Waals surface area (Å²) in [6, 6.07) is 7.47. The van der Waals surface area contributed by atoms with E-state index in [1.807, 2.05) is 0 Å². The van der Waals surface area contributed by atoms with Gasteiger partial charge in [0.2, 0.25) is 5.95 Å². The van der Waals surface area contributed by atoms with Gasteiger partial charge in [0, 0.05) is 18.2 Å². The Bertz CT molecular complexity index is 1120. The molecule has 3 aromatic rings.